The Morgan fingerprint density at radius 1 is 1.18 bits per heavy atom. The van der Waals surface area contributed by atoms with Gasteiger partial charge in [0.15, 0.2) is 11.5 Å². The Morgan fingerprint density at radius 2 is 2.14 bits per heavy atom. The van der Waals surface area contributed by atoms with E-state index in [1.165, 1.54) is 25.8 Å². The van der Waals surface area contributed by atoms with Crippen molar-refractivity contribution >= 4 is 0 Å². The molecular formula is C16H18N4O2. The molecule has 1 aliphatic carbocycles. The molecule has 0 spiro atoms. The van der Waals surface area contributed by atoms with E-state index in [0.29, 0.717) is 6.79 Å². The number of ether oxygens (including phenoxy) is 2. The number of hydrogen-bond acceptors (Lipinski definition) is 5. The number of hydrogen-bond donors (Lipinski definition) is 0. The van der Waals surface area contributed by atoms with Crippen molar-refractivity contribution in [1.29, 1.82) is 0 Å². The first kappa shape index (κ1) is 12.5. The number of likely N-dealkylation sites (tertiary alicyclic amines) is 1. The predicted octanol–water partition coefficient (Wildman–Crippen LogP) is 1.98. The first-order chi connectivity index (χ1) is 10.9. The van der Waals surface area contributed by atoms with Crippen LogP contribution in [0.3, 0.4) is 0 Å². The molecule has 0 N–H and O–H groups in total. The van der Waals surface area contributed by atoms with Crippen LogP contribution in [0.4, 0.5) is 0 Å². The maximum atomic E-state index is 5.46. The Morgan fingerprint density at radius 3 is 3.00 bits per heavy atom. The van der Waals surface area contributed by atoms with Crippen LogP contribution in [0.15, 0.2) is 24.5 Å². The fourth-order valence-electron chi connectivity index (χ4n) is 4.01. The molecule has 5 rings (SSSR count). The van der Waals surface area contributed by atoms with E-state index in [1.807, 2.05) is 22.9 Å². The Hall–Kier alpha value is -2.08. The van der Waals surface area contributed by atoms with Crippen LogP contribution in [0.5, 0.6) is 11.5 Å². The number of rotatable bonds is 3. The van der Waals surface area contributed by atoms with Gasteiger partial charge in [-0.2, -0.15) is 5.10 Å². The van der Waals surface area contributed by atoms with Gasteiger partial charge in [0.05, 0.1) is 12.2 Å². The van der Waals surface area contributed by atoms with Gasteiger partial charge in [-0.25, -0.2) is 9.67 Å². The number of benzene rings is 1. The highest BCUT2D eigenvalue weighted by Gasteiger charge is 2.38. The summed E-state index contributed by atoms with van der Waals surface area (Å²) in [7, 11) is 0. The molecule has 6 nitrogen and oxygen atoms in total. The molecule has 2 aliphatic heterocycles. The molecule has 2 aromatic rings. The number of aromatic nitrogens is 3. The molecule has 1 aromatic carbocycles. The summed E-state index contributed by atoms with van der Waals surface area (Å²) in [4.78, 5) is 7.03. The van der Waals surface area contributed by atoms with E-state index in [0.717, 1.165) is 41.5 Å². The number of nitrogens with zero attached hydrogens (tertiary/aromatic N) is 4. The van der Waals surface area contributed by atoms with Gasteiger partial charge in [0, 0.05) is 18.7 Å². The van der Waals surface area contributed by atoms with Gasteiger partial charge in [-0.15, -0.1) is 0 Å². The molecule has 3 aliphatic rings. The smallest absolute Gasteiger partial charge is 0.231 e. The van der Waals surface area contributed by atoms with Crippen molar-refractivity contribution in [2.24, 2.45) is 5.92 Å². The summed E-state index contributed by atoms with van der Waals surface area (Å²) in [5, 5.41) is 4.40. The monoisotopic (exact) mass is 298 g/mol. The van der Waals surface area contributed by atoms with E-state index >= 15 is 0 Å². The third kappa shape index (κ3) is 1.90. The molecule has 2 bridgehead atoms. The van der Waals surface area contributed by atoms with Crippen LogP contribution >= 0.6 is 0 Å². The second-order valence-corrected chi connectivity index (χ2v) is 6.39. The normalized spacial score (nSPS) is 26.0. The molecule has 22 heavy (non-hydrogen) atoms. The zero-order chi connectivity index (χ0) is 14.5. The van der Waals surface area contributed by atoms with Crippen molar-refractivity contribution in [2.75, 3.05) is 13.3 Å². The fraction of sp³-hybridized carbons (Fsp3) is 0.500. The van der Waals surface area contributed by atoms with Crippen LogP contribution in [-0.4, -0.2) is 39.0 Å². The minimum Gasteiger partial charge on any atom is -0.454 e. The van der Waals surface area contributed by atoms with E-state index in [1.54, 1.807) is 6.33 Å². The topological polar surface area (TPSA) is 52.4 Å². The van der Waals surface area contributed by atoms with Crippen LogP contribution in [0.2, 0.25) is 0 Å². The first-order valence-corrected chi connectivity index (χ1v) is 7.90. The quantitative estimate of drug-likeness (QED) is 0.867. The summed E-state index contributed by atoms with van der Waals surface area (Å²) in [5.74, 6) is 3.46. The minimum absolute atomic E-state index is 0.292. The van der Waals surface area contributed by atoms with E-state index in [4.69, 9.17) is 9.47 Å². The molecule has 114 valence electrons. The third-order valence-corrected chi connectivity index (χ3v) is 5.09. The third-order valence-electron chi connectivity index (χ3n) is 5.09. The van der Waals surface area contributed by atoms with Crippen molar-refractivity contribution < 1.29 is 9.47 Å². The summed E-state index contributed by atoms with van der Waals surface area (Å²) in [5.41, 5.74) is 0.973. The van der Waals surface area contributed by atoms with E-state index in [2.05, 4.69) is 15.0 Å². The molecule has 2 fully saturated rings. The van der Waals surface area contributed by atoms with Crippen LogP contribution in [0.25, 0.3) is 5.69 Å². The number of fused-ring (bicyclic) bond motifs is 3. The van der Waals surface area contributed by atoms with E-state index in [9.17, 15) is 0 Å². The lowest BCUT2D eigenvalue weighted by Crippen LogP contribution is -2.32. The van der Waals surface area contributed by atoms with Gasteiger partial charge in [-0.05, 0) is 37.3 Å². The molecule has 0 radical (unpaired) electrons. The standard InChI is InChI=1S/C16H18N4O2/c1-2-12-5-11(1)7-19(12)8-16-17-9-18-20(16)13-3-4-14-15(6-13)22-10-21-14/h3-4,6,9,11-12H,1-2,5,7-8,10H2/t11-,12+/m0/s1. The summed E-state index contributed by atoms with van der Waals surface area (Å²) < 4.78 is 12.7. The van der Waals surface area contributed by atoms with Crippen molar-refractivity contribution in [3.05, 3.63) is 30.4 Å². The maximum Gasteiger partial charge on any atom is 0.231 e. The molecule has 1 saturated carbocycles. The zero-order valence-electron chi connectivity index (χ0n) is 12.3. The molecule has 6 heteroatoms. The summed E-state index contributed by atoms with van der Waals surface area (Å²) >= 11 is 0. The highest BCUT2D eigenvalue weighted by atomic mass is 16.7. The number of piperidine rings is 1. The summed E-state index contributed by atoms with van der Waals surface area (Å²) in [6.07, 6.45) is 5.73. The van der Waals surface area contributed by atoms with Crippen molar-refractivity contribution in [3.63, 3.8) is 0 Å². The highest BCUT2D eigenvalue weighted by molar-refractivity contribution is 5.49. The Bertz CT molecular complexity index is 714. The first-order valence-electron chi connectivity index (χ1n) is 7.90. The van der Waals surface area contributed by atoms with Gasteiger partial charge in [0.2, 0.25) is 6.79 Å². The van der Waals surface area contributed by atoms with Crippen molar-refractivity contribution in [3.8, 4) is 17.2 Å². The lowest BCUT2D eigenvalue weighted by atomic mass is 10.1. The molecule has 0 amide bonds. The average Bonchev–Trinajstić information content (AvgIpc) is 3.31. The zero-order valence-corrected chi connectivity index (χ0v) is 12.3. The van der Waals surface area contributed by atoms with Crippen LogP contribution in [-0.2, 0) is 6.54 Å². The second kappa shape index (κ2) is 4.71. The van der Waals surface area contributed by atoms with E-state index < -0.39 is 0 Å². The Balaban J connectivity index is 1.43. The van der Waals surface area contributed by atoms with Gasteiger partial charge in [-0.1, -0.05) is 0 Å². The van der Waals surface area contributed by atoms with Crippen LogP contribution < -0.4 is 9.47 Å². The van der Waals surface area contributed by atoms with Gasteiger partial charge < -0.3 is 9.47 Å². The second-order valence-electron chi connectivity index (χ2n) is 6.39. The Labute approximate surface area is 128 Å². The lowest BCUT2D eigenvalue weighted by Gasteiger charge is -2.26. The fourth-order valence-corrected chi connectivity index (χ4v) is 4.01. The van der Waals surface area contributed by atoms with Gasteiger partial charge in [0.25, 0.3) is 0 Å². The molecule has 2 atom stereocenters. The molecule has 0 unspecified atom stereocenters. The summed E-state index contributed by atoms with van der Waals surface area (Å²) in [6.45, 7) is 2.37. The molecule has 1 saturated heterocycles. The maximum absolute atomic E-state index is 5.46. The average molecular weight is 298 g/mol. The van der Waals surface area contributed by atoms with Crippen LogP contribution in [0, 0.1) is 5.92 Å². The summed E-state index contributed by atoms with van der Waals surface area (Å²) in [6, 6.07) is 6.64. The predicted molar refractivity (Wildman–Crippen MR) is 79.0 cm³/mol. The van der Waals surface area contributed by atoms with Crippen molar-refractivity contribution in [1.82, 2.24) is 19.7 Å². The van der Waals surface area contributed by atoms with Crippen LogP contribution in [0.1, 0.15) is 25.1 Å². The SMILES string of the molecule is c1nc(CN2C[C@H]3CC[C@@H]2C3)n(-c2ccc3c(c2)OCO3)n1. The van der Waals surface area contributed by atoms with Gasteiger partial charge in [-0.3, -0.25) is 4.90 Å². The highest BCUT2D eigenvalue weighted by Crippen LogP contribution is 2.38. The van der Waals surface area contributed by atoms with Gasteiger partial charge >= 0.3 is 0 Å². The largest absolute Gasteiger partial charge is 0.454 e. The minimum atomic E-state index is 0.292. The molecule has 3 heterocycles. The Kier molecular flexibility index (Phi) is 2.67. The molecular weight excluding hydrogens is 280 g/mol. The lowest BCUT2D eigenvalue weighted by molar-refractivity contribution is 0.174. The van der Waals surface area contributed by atoms with Crippen molar-refractivity contribution in [2.45, 2.75) is 31.8 Å². The molecule has 1 aromatic heterocycles. The van der Waals surface area contributed by atoms with Gasteiger partial charge in [0.1, 0.15) is 12.2 Å². The van der Waals surface area contributed by atoms with E-state index in [-0.39, 0.29) is 0 Å².